The van der Waals surface area contributed by atoms with Crippen molar-refractivity contribution in [3.63, 3.8) is 0 Å². The number of hydrogen-bond donors (Lipinski definition) is 1. The third kappa shape index (κ3) is 3.93. The zero-order valence-electron chi connectivity index (χ0n) is 10.4. The van der Waals surface area contributed by atoms with Gasteiger partial charge in [-0.15, -0.1) is 0 Å². The van der Waals surface area contributed by atoms with E-state index in [1.54, 1.807) is 0 Å². The van der Waals surface area contributed by atoms with Crippen molar-refractivity contribution in [1.82, 2.24) is 0 Å². The van der Waals surface area contributed by atoms with Gasteiger partial charge in [0.25, 0.3) is 0 Å². The molecule has 13 heavy (non-hydrogen) atoms. The molecule has 0 aliphatic heterocycles. The van der Waals surface area contributed by atoms with Gasteiger partial charge in [0.1, 0.15) is 0 Å². The van der Waals surface area contributed by atoms with Crippen LogP contribution in [-0.2, 0) is 0 Å². The van der Waals surface area contributed by atoms with Crippen LogP contribution in [-0.4, -0.2) is 4.75 Å². The third-order valence-electron chi connectivity index (χ3n) is 3.22. The molecule has 0 spiro atoms. The zero-order valence-corrected chi connectivity index (χ0v) is 11.3. The minimum atomic E-state index is 0.125. The van der Waals surface area contributed by atoms with Gasteiger partial charge in [-0.05, 0) is 23.7 Å². The molecule has 0 aromatic rings. The van der Waals surface area contributed by atoms with Gasteiger partial charge in [-0.25, -0.2) is 0 Å². The highest BCUT2D eigenvalue weighted by atomic mass is 32.1. The van der Waals surface area contributed by atoms with Gasteiger partial charge in [0.05, 0.1) is 0 Å². The standard InChI is InChI=1S/C12H26S/c1-8-11(5,6)12(7,13)9-10(2,3)4/h13H,8-9H2,1-7H3. The van der Waals surface area contributed by atoms with Gasteiger partial charge in [-0.2, -0.15) is 12.6 Å². The molecule has 0 fully saturated rings. The molecule has 0 aromatic heterocycles. The maximum absolute atomic E-state index is 4.84. The quantitative estimate of drug-likeness (QED) is 0.638. The minimum absolute atomic E-state index is 0.125. The van der Waals surface area contributed by atoms with E-state index >= 15 is 0 Å². The van der Waals surface area contributed by atoms with Crippen LogP contribution in [0.4, 0.5) is 0 Å². The average Bonchev–Trinajstić information content (AvgIpc) is 1.81. The van der Waals surface area contributed by atoms with Crippen LogP contribution in [0, 0.1) is 10.8 Å². The molecule has 0 nitrogen and oxygen atoms in total. The van der Waals surface area contributed by atoms with Gasteiger partial charge in [0, 0.05) is 4.75 Å². The third-order valence-corrected chi connectivity index (χ3v) is 3.98. The first kappa shape index (κ1) is 13.4. The van der Waals surface area contributed by atoms with E-state index in [1.807, 2.05) is 0 Å². The van der Waals surface area contributed by atoms with Gasteiger partial charge >= 0.3 is 0 Å². The summed E-state index contributed by atoms with van der Waals surface area (Å²) >= 11 is 4.84. The molecular weight excluding hydrogens is 176 g/mol. The molecule has 0 rings (SSSR count). The maximum Gasteiger partial charge on any atom is 0.0157 e. The Kier molecular flexibility index (Phi) is 3.95. The van der Waals surface area contributed by atoms with Crippen molar-refractivity contribution in [3.8, 4) is 0 Å². The molecule has 0 aliphatic rings. The molecule has 0 bridgehead atoms. The summed E-state index contributed by atoms with van der Waals surface area (Å²) < 4.78 is 0.125. The van der Waals surface area contributed by atoms with Gasteiger partial charge in [-0.3, -0.25) is 0 Å². The molecule has 0 amide bonds. The Labute approximate surface area is 89.9 Å². The SMILES string of the molecule is CCC(C)(C)C(C)(S)CC(C)(C)C. The van der Waals surface area contributed by atoms with Gasteiger partial charge < -0.3 is 0 Å². The fourth-order valence-electron chi connectivity index (χ4n) is 1.65. The second-order valence-corrected chi connectivity index (χ2v) is 7.24. The van der Waals surface area contributed by atoms with Crippen LogP contribution < -0.4 is 0 Å². The van der Waals surface area contributed by atoms with Crippen molar-refractivity contribution >= 4 is 12.6 Å². The summed E-state index contributed by atoms with van der Waals surface area (Å²) in [5.74, 6) is 0. The highest BCUT2D eigenvalue weighted by Crippen LogP contribution is 2.45. The van der Waals surface area contributed by atoms with Crippen LogP contribution in [0.2, 0.25) is 0 Å². The lowest BCUT2D eigenvalue weighted by Gasteiger charge is -2.44. The molecule has 0 N–H and O–H groups in total. The first-order valence-corrected chi connectivity index (χ1v) is 5.69. The van der Waals surface area contributed by atoms with E-state index in [9.17, 15) is 0 Å². The maximum atomic E-state index is 4.84. The van der Waals surface area contributed by atoms with Crippen LogP contribution in [0.5, 0.6) is 0 Å². The Bertz CT molecular complexity index is 160. The average molecular weight is 202 g/mol. The van der Waals surface area contributed by atoms with Crippen molar-refractivity contribution in [2.45, 2.75) is 66.1 Å². The largest absolute Gasteiger partial charge is 0.172 e. The molecule has 1 atom stereocenters. The molecule has 0 radical (unpaired) electrons. The Morgan fingerprint density at radius 3 is 1.54 bits per heavy atom. The Morgan fingerprint density at radius 1 is 0.923 bits per heavy atom. The predicted octanol–water partition coefficient (Wildman–Crippen LogP) is 4.55. The van der Waals surface area contributed by atoms with Crippen LogP contribution >= 0.6 is 12.6 Å². The van der Waals surface area contributed by atoms with Crippen molar-refractivity contribution in [2.75, 3.05) is 0 Å². The van der Waals surface area contributed by atoms with Crippen LogP contribution in [0.1, 0.15) is 61.3 Å². The van der Waals surface area contributed by atoms with E-state index in [1.165, 1.54) is 6.42 Å². The summed E-state index contributed by atoms with van der Waals surface area (Å²) in [6, 6.07) is 0. The zero-order chi connectivity index (χ0) is 10.9. The Balaban J connectivity index is 4.58. The monoisotopic (exact) mass is 202 g/mol. The molecule has 0 heterocycles. The van der Waals surface area contributed by atoms with Gasteiger partial charge in [0.2, 0.25) is 0 Å². The molecule has 1 unspecified atom stereocenters. The van der Waals surface area contributed by atoms with Crippen LogP contribution in [0.25, 0.3) is 0 Å². The molecule has 0 saturated heterocycles. The van der Waals surface area contributed by atoms with E-state index in [0.717, 1.165) is 6.42 Å². The van der Waals surface area contributed by atoms with Gasteiger partial charge in [0.15, 0.2) is 0 Å². The van der Waals surface area contributed by atoms with Crippen molar-refractivity contribution < 1.29 is 0 Å². The minimum Gasteiger partial charge on any atom is -0.172 e. The second-order valence-electron chi connectivity index (χ2n) is 6.25. The summed E-state index contributed by atoms with van der Waals surface area (Å²) in [6.07, 6.45) is 2.34. The fraction of sp³-hybridized carbons (Fsp3) is 1.00. The highest BCUT2D eigenvalue weighted by molar-refractivity contribution is 7.81. The fourth-order valence-corrected chi connectivity index (χ4v) is 2.29. The van der Waals surface area contributed by atoms with Crippen LogP contribution in [0.15, 0.2) is 0 Å². The summed E-state index contributed by atoms with van der Waals surface area (Å²) in [7, 11) is 0. The summed E-state index contributed by atoms with van der Waals surface area (Å²) in [5, 5.41) is 0. The lowest BCUT2D eigenvalue weighted by atomic mass is 9.70. The highest BCUT2D eigenvalue weighted by Gasteiger charge is 2.39. The topological polar surface area (TPSA) is 0 Å². The summed E-state index contributed by atoms with van der Waals surface area (Å²) in [5.41, 5.74) is 0.673. The predicted molar refractivity (Wildman–Crippen MR) is 65.5 cm³/mol. The van der Waals surface area contributed by atoms with Gasteiger partial charge in [-0.1, -0.05) is 48.5 Å². The molecule has 0 aliphatic carbocycles. The number of rotatable bonds is 3. The molecule has 0 saturated carbocycles. The molecular formula is C12H26S. The number of thiol groups is 1. The van der Waals surface area contributed by atoms with Crippen LogP contribution in [0.3, 0.4) is 0 Å². The van der Waals surface area contributed by atoms with Crippen molar-refractivity contribution in [2.24, 2.45) is 10.8 Å². The van der Waals surface area contributed by atoms with E-state index in [0.29, 0.717) is 10.8 Å². The summed E-state index contributed by atoms with van der Waals surface area (Å²) in [4.78, 5) is 0. The molecule has 80 valence electrons. The first-order valence-electron chi connectivity index (χ1n) is 5.24. The lowest BCUT2D eigenvalue weighted by Crippen LogP contribution is -2.39. The molecule has 0 aromatic carbocycles. The Morgan fingerprint density at radius 2 is 1.31 bits per heavy atom. The summed E-state index contributed by atoms with van der Waals surface area (Å²) in [6.45, 7) is 16.0. The first-order chi connectivity index (χ1) is 5.52. The Hall–Kier alpha value is 0.350. The smallest absolute Gasteiger partial charge is 0.0157 e. The van der Waals surface area contributed by atoms with E-state index in [2.05, 4.69) is 48.5 Å². The van der Waals surface area contributed by atoms with E-state index < -0.39 is 0 Å². The van der Waals surface area contributed by atoms with Crippen molar-refractivity contribution in [3.05, 3.63) is 0 Å². The lowest BCUT2D eigenvalue weighted by molar-refractivity contribution is 0.191. The van der Waals surface area contributed by atoms with E-state index in [4.69, 9.17) is 12.6 Å². The van der Waals surface area contributed by atoms with Crippen molar-refractivity contribution in [1.29, 1.82) is 0 Å². The van der Waals surface area contributed by atoms with E-state index in [-0.39, 0.29) is 4.75 Å². The second kappa shape index (κ2) is 3.84. The molecule has 1 heteroatoms. The number of hydrogen-bond acceptors (Lipinski definition) is 1. The normalized spacial score (nSPS) is 18.5.